The quantitative estimate of drug-likeness (QED) is 0.727. The SMILES string of the molecule is CC(C)P(=S)(NC(C)(C)C)C(C)(C)C. The Morgan fingerprint density at radius 2 is 1.36 bits per heavy atom. The first-order chi connectivity index (χ1) is 5.90. The summed E-state index contributed by atoms with van der Waals surface area (Å²) >= 11 is 5.91. The van der Waals surface area contributed by atoms with Gasteiger partial charge in [0.15, 0.2) is 0 Å². The topological polar surface area (TPSA) is 12.0 Å². The molecule has 0 aromatic rings. The molecule has 0 aliphatic rings. The Balaban J connectivity index is 5.06. The molecule has 1 atom stereocenters. The molecule has 0 saturated carbocycles. The Labute approximate surface area is 95.1 Å². The Kier molecular flexibility index (Phi) is 4.42. The zero-order valence-electron chi connectivity index (χ0n) is 10.9. The lowest BCUT2D eigenvalue weighted by Crippen LogP contribution is -2.41. The lowest BCUT2D eigenvalue weighted by molar-refractivity contribution is 0.516. The molecule has 0 bridgehead atoms. The van der Waals surface area contributed by atoms with Crippen LogP contribution in [-0.2, 0) is 11.8 Å². The molecule has 3 heteroatoms. The molecule has 0 aliphatic heterocycles. The van der Waals surface area contributed by atoms with Crippen molar-refractivity contribution in [3.8, 4) is 0 Å². The number of nitrogens with one attached hydrogen (secondary N) is 1. The fourth-order valence-corrected chi connectivity index (χ4v) is 5.53. The van der Waals surface area contributed by atoms with Gasteiger partial charge in [0.2, 0.25) is 0 Å². The lowest BCUT2D eigenvalue weighted by Gasteiger charge is -2.43. The molecule has 0 fully saturated rings. The smallest absolute Gasteiger partial charge is 0.0204 e. The minimum Gasteiger partial charge on any atom is -0.283 e. The summed E-state index contributed by atoms with van der Waals surface area (Å²) in [6.45, 7) is 17.8. The Morgan fingerprint density at radius 3 is 1.43 bits per heavy atom. The minimum atomic E-state index is -1.51. The van der Waals surface area contributed by atoms with Gasteiger partial charge in [-0.3, -0.25) is 5.09 Å². The van der Waals surface area contributed by atoms with Gasteiger partial charge in [0, 0.05) is 16.9 Å². The van der Waals surface area contributed by atoms with Gasteiger partial charge < -0.3 is 0 Å². The van der Waals surface area contributed by atoms with Crippen molar-refractivity contribution in [2.45, 2.75) is 71.7 Å². The van der Waals surface area contributed by atoms with Crippen molar-refractivity contribution in [1.82, 2.24) is 5.09 Å². The standard InChI is InChI=1S/C11H26NPS/c1-9(2)13(14,11(6,7)8)12-10(3,4)5/h9H,1-8H3,(H,12,14). The van der Waals surface area contributed by atoms with Crippen LogP contribution in [0.2, 0.25) is 0 Å². The second kappa shape index (κ2) is 4.23. The highest BCUT2D eigenvalue weighted by Gasteiger charge is 2.36. The molecular formula is C11H26NPS. The maximum atomic E-state index is 5.91. The predicted molar refractivity (Wildman–Crippen MR) is 72.1 cm³/mol. The second-order valence-electron chi connectivity index (χ2n) is 6.28. The summed E-state index contributed by atoms with van der Waals surface area (Å²) in [5.41, 5.74) is 0.671. The van der Waals surface area contributed by atoms with Gasteiger partial charge in [-0.1, -0.05) is 46.4 Å². The van der Waals surface area contributed by atoms with Crippen LogP contribution < -0.4 is 5.09 Å². The van der Waals surface area contributed by atoms with Gasteiger partial charge in [-0.25, -0.2) is 0 Å². The first-order valence-electron chi connectivity index (χ1n) is 5.29. The van der Waals surface area contributed by atoms with E-state index in [9.17, 15) is 0 Å². The van der Waals surface area contributed by atoms with Crippen molar-refractivity contribution in [3.05, 3.63) is 0 Å². The summed E-state index contributed by atoms with van der Waals surface area (Å²) in [6, 6.07) is 0. The molecule has 1 unspecified atom stereocenters. The Morgan fingerprint density at radius 1 is 1.00 bits per heavy atom. The molecule has 1 nitrogen and oxygen atoms in total. The van der Waals surface area contributed by atoms with Crippen LogP contribution in [0.4, 0.5) is 0 Å². The van der Waals surface area contributed by atoms with E-state index in [0.717, 1.165) is 0 Å². The van der Waals surface area contributed by atoms with Crippen molar-refractivity contribution in [2.24, 2.45) is 0 Å². The van der Waals surface area contributed by atoms with E-state index in [1.807, 2.05) is 0 Å². The highest BCUT2D eigenvalue weighted by molar-refractivity contribution is 8.14. The van der Waals surface area contributed by atoms with Crippen molar-refractivity contribution < 1.29 is 0 Å². The molecule has 0 heterocycles. The van der Waals surface area contributed by atoms with Gasteiger partial charge in [0.1, 0.15) is 0 Å². The van der Waals surface area contributed by atoms with Crippen LogP contribution in [0.15, 0.2) is 0 Å². The van der Waals surface area contributed by atoms with E-state index in [4.69, 9.17) is 11.8 Å². The lowest BCUT2D eigenvalue weighted by atomic mass is 10.1. The predicted octanol–water partition coefficient (Wildman–Crippen LogP) is 3.98. The van der Waals surface area contributed by atoms with Crippen LogP contribution in [0.3, 0.4) is 0 Å². The van der Waals surface area contributed by atoms with E-state index >= 15 is 0 Å². The molecule has 0 rings (SSSR count). The van der Waals surface area contributed by atoms with E-state index < -0.39 is 6.19 Å². The van der Waals surface area contributed by atoms with E-state index in [0.29, 0.717) is 5.66 Å². The molecule has 86 valence electrons. The summed E-state index contributed by atoms with van der Waals surface area (Å²) in [5.74, 6) is 0. The first kappa shape index (κ1) is 14.6. The Bertz CT molecular complexity index is 233. The monoisotopic (exact) mass is 235 g/mol. The summed E-state index contributed by atoms with van der Waals surface area (Å²) in [5, 5.41) is 3.90. The minimum absolute atomic E-state index is 0.118. The van der Waals surface area contributed by atoms with Crippen molar-refractivity contribution in [1.29, 1.82) is 0 Å². The van der Waals surface area contributed by atoms with Gasteiger partial charge in [-0.2, -0.15) is 0 Å². The van der Waals surface area contributed by atoms with Crippen molar-refractivity contribution in [2.75, 3.05) is 0 Å². The second-order valence-corrected chi connectivity index (χ2v) is 11.9. The highest BCUT2D eigenvalue weighted by atomic mass is 32.4. The van der Waals surface area contributed by atoms with Crippen LogP contribution in [-0.4, -0.2) is 16.4 Å². The number of hydrogen-bond donors (Lipinski definition) is 1. The third-order valence-electron chi connectivity index (χ3n) is 2.23. The van der Waals surface area contributed by atoms with Gasteiger partial charge in [-0.05, 0) is 26.4 Å². The zero-order chi connectivity index (χ0) is 11.8. The molecule has 14 heavy (non-hydrogen) atoms. The maximum absolute atomic E-state index is 5.91. The third kappa shape index (κ3) is 3.64. The molecule has 0 radical (unpaired) electrons. The number of hydrogen-bond acceptors (Lipinski definition) is 1. The van der Waals surface area contributed by atoms with Gasteiger partial charge >= 0.3 is 0 Å². The molecule has 0 aromatic heterocycles. The summed E-state index contributed by atoms with van der Waals surface area (Å²) in [6.07, 6.45) is -1.51. The molecule has 0 amide bonds. The normalized spacial score (nSPS) is 18.4. The maximum Gasteiger partial charge on any atom is 0.0204 e. The van der Waals surface area contributed by atoms with Crippen LogP contribution in [0.5, 0.6) is 0 Å². The van der Waals surface area contributed by atoms with E-state index in [-0.39, 0.29) is 10.7 Å². The largest absolute Gasteiger partial charge is 0.283 e. The average molecular weight is 235 g/mol. The first-order valence-corrected chi connectivity index (χ1v) is 8.16. The fraction of sp³-hybridized carbons (Fsp3) is 1.00. The van der Waals surface area contributed by atoms with Gasteiger partial charge in [0.05, 0.1) is 0 Å². The molecule has 0 aromatic carbocycles. The van der Waals surface area contributed by atoms with Crippen LogP contribution in [0.25, 0.3) is 0 Å². The van der Waals surface area contributed by atoms with Crippen molar-refractivity contribution in [3.63, 3.8) is 0 Å². The molecular weight excluding hydrogens is 209 g/mol. The molecule has 0 saturated heterocycles. The average Bonchev–Trinajstić information content (AvgIpc) is 1.79. The van der Waals surface area contributed by atoms with Crippen LogP contribution in [0, 0.1) is 0 Å². The van der Waals surface area contributed by atoms with Gasteiger partial charge in [-0.15, -0.1) is 0 Å². The van der Waals surface area contributed by atoms with Crippen molar-refractivity contribution >= 4 is 18.0 Å². The van der Waals surface area contributed by atoms with Crippen LogP contribution >= 0.6 is 6.19 Å². The fourth-order valence-electron chi connectivity index (χ4n) is 1.57. The molecule has 0 spiro atoms. The van der Waals surface area contributed by atoms with Gasteiger partial charge in [0.25, 0.3) is 0 Å². The van der Waals surface area contributed by atoms with Crippen LogP contribution in [0.1, 0.15) is 55.4 Å². The third-order valence-corrected chi connectivity index (χ3v) is 9.86. The summed E-state index contributed by atoms with van der Waals surface area (Å²) in [7, 11) is 0. The van der Waals surface area contributed by atoms with E-state index in [1.54, 1.807) is 0 Å². The molecule has 0 aliphatic carbocycles. The number of rotatable bonds is 2. The molecule has 1 N–H and O–H groups in total. The Hall–Kier alpha value is 0.610. The highest BCUT2D eigenvalue weighted by Crippen LogP contribution is 2.59. The summed E-state index contributed by atoms with van der Waals surface area (Å²) < 4.78 is 0. The van der Waals surface area contributed by atoms with E-state index in [2.05, 4.69) is 60.5 Å². The zero-order valence-corrected chi connectivity index (χ0v) is 12.6. The van der Waals surface area contributed by atoms with E-state index in [1.165, 1.54) is 0 Å². The summed E-state index contributed by atoms with van der Waals surface area (Å²) in [4.78, 5) is 0.